The van der Waals surface area contributed by atoms with Crippen molar-refractivity contribution in [3.8, 4) is 0 Å². The van der Waals surface area contributed by atoms with E-state index in [9.17, 15) is 33.3 Å². The number of phosphoric acid groups is 2. The third-order valence-corrected chi connectivity index (χ3v) is 11.4. The molecule has 0 amide bonds. The highest BCUT2D eigenvalue weighted by Gasteiger charge is 2.52. The van der Waals surface area contributed by atoms with Gasteiger partial charge in [0.05, 0.1) is 12.9 Å². The summed E-state index contributed by atoms with van der Waals surface area (Å²) in [6.07, 6.45) is -4.45. The Morgan fingerprint density at radius 2 is 1.76 bits per heavy atom. The molecule has 2 fully saturated rings. The van der Waals surface area contributed by atoms with Gasteiger partial charge in [-0.3, -0.25) is 33.1 Å². The van der Waals surface area contributed by atoms with Gasteiger partial charge in [-0.15, -0.1) is 0 Å². The highest BCUT2D eigenvalue weighted by Crippen LogP contribution is 2.77. The lowest BCUT2D eigenvalue weighted by atomic mass is 10.1. The molecule has 4 rings (SSSR count). The third-order valence-electron chi connectivity index (χ3n) is 4.61. The average molecular weight is 603 g/mol. The quantitative estimate of drug-likeness (QED) is 0.287. The van der Waals surface area contributed by atoms with Gasteiger partial charge < -0.3 is 34.3 Å². The highest BCUT2D eigenvalue weighted by atomic mass is 32.5. The molecule has 2 saturated heterocycles. The molecular formula is C14H16N5O14P3S-2. The van der Waals surface area contributed by atoms with Gasteiger partial charge in [0, 0.05) is 13.8 Å². The summed E-state index contributed by atoms with van der Waals surface area (Å²) in [6.45, 7) is -3.20. The van der Waals surface area contributed by atoms with Gasteiger partial charge in [0.2, 0.25) is 5.95 Å². The van der Waals surface area contributed by atoms with Gasteiger partial charge in [-0.2, -0.15) is 4.98 Å². The first-order valence-corrected chi connectivity index (χ1v) is 15.3. The predicted molar refractivity (Wildman–Crippen MR) is 116 cm³/mol. The van der Waals surface area contributed by atoms with Gasteiger partial charge in [0.25, 0.3) is 21.2 Å². The topological polar surface area (TPSA) is 269 Å². The van der Waals surface area contributed by atoms with Crippen molar-refractivity contribution in [3.05, 3.63) is 16.7 Å². The maximum atomic E-state index is 12.2. The van der Waals surface area contributed by atoms with Gasteiger partial charge in [0.15, 0.2) is 29.6 Å². The SMILES string of the molecule is CC(=O)O[C@@H]1[C@H](OC(C)=O)[C@@H](COP2(=S)OP(=O)([O-])OP(=O)([O-])O2)O[C@H]1n1cnc2c(=O)[nH]c(N)nc21. The minimum Gasteiger partial charge on any atom is -0.756 e. The van der Waals surface area contributed by atoms with Crippen molar-refractivity contribution in [2.45, 2.75) is 38.4 Å². The van der Waals surface area contributed by atoms with E-state index in [1.165, 1.54) is 4.57 Å². The molecule has 2 aliphatic rings. The second-order valence-corrected chi connectivity index (χ2v) is 13.6. The maximum Gasteiger partial charge on any atom is 0.340 e. The van der Waals surface area contributed by atoms with Gasteiger partial charge in [-0.1, -0.05) is 0 Å². The molecule has 2 aliphatic heterocycles. The average Bonchev–Trinajstić information content (AvgIpc) is 3.25. The van der Waals surface area contributed by atoms with E-state index in [1.807, 2.05) is 0 Å². The van der Waals surface area contributed by atoms with Crippen molar-refractivity contribution in [2.75, 3.05) is 12.3 Å². The fourth-order valence-corrected chi connectivity index (χ4v) is 9.93. The van der Waals surface area contributed by atoms with Crippen LogP contribution in [-0.2, 0) is 62.2 Å². The standard InChI is InChI=1S/C14H18N5O14P3S/c1-5(20)28-9-7(3-27-36(37)32-34(23,24)31-35(25,26)33-36)30-13(10(9)29-6(2)21)19-4-16-8-11(19)17-14(15)18-12(8)22/h4,7,9-10,13H,3H2,1-2H3,(H,23,24)(H,25,26)(H3,15,17,18,22)/p-2/t7-,9-,10-,13-/m1/s1. The summed E-state index contributed by atoms with van der Waals surface area (Å²) in [5.41, 5.74) is 4.68. The molecule has 0 aliphatic carbocycles. The summed E-state index contributed by atoms with van der Waals surface area (Å²) in [4.78, 5) is 69.3. The molecule has 0 aromatic carbocycles. The number of carbonyl (C=O) groups excluding carboxylic acids is 2. The zero-order chi connectivity index (χ0) is 27.3. The first-order chi connectivity index (χ1) is 17.1. The zero-order valence-corrected chi connectivity index (χ0v) is 22.0. The number of anilines is 1. The minimum atomic E-state index is -5.44. The van der Waals surface area contributed by atoms with Crippen LogP contribution in [0.25, 0.3) is 11.2 Å². The monoisotopic (exact) mass is 603 g/mol. The predicted octanol–water partition coefficient (Wildman–Crippen LogP) is -1.30. The van der Waals surface area contributed by atoms with Gasteiger partial charge >= 0.3 is 18.7 Å². The molecule has 3 N–H and O–H groups in total. The summed E-state index contributed by atoms with van der Waals surface area (Å²) in [6, 6.07) is 0. The molecule has 23 heteroatoms. The van der Waals surface area contributed by atoms with Crippen molar-refractivity contribution in [3.63, 3.8) is 0 Å². The lowest BCUT2D eigenvalue weighted by molar-refractivity contribution is -0.240. The van der Waals surface area contributed by atoms with Gasteiger partial charge in [-0.05, 0) is 11.8 Å². The molecule has 0 spiro atoms. The third kappa shape index (κ3) is 6.16. The number of nitrogen functional groups attached to an aromatic ring is 1. The van der Waals surface area contributed by atoms with Crippen molar-refractivity contribution < 1.29 is 60.2 Å². The molecule has 2 unspecified atom stereocenters. The van der Waals surface area contributed by atoms with E-state index < -0.39 is 71.0 Å². The largest absolute Gasteiger partial charge is 0.756 e. The number of aromatic amines is 1. The van der Waals surface area contributed by atoms with Crippen LogP contribution in [0.4, 0.5) is 5.95 Å². The van der Waals surface area contributed by atoms with Crippen LogP contribution < -0.4 is 21.1 Å². The van der Waals surface area contributed by atoms with Crippen LogP contribution >= 0.6 is 22.4 Å². The lowest BCUT2D eigenvalue weighted by Crippen LogP contribution is -2.40. The number of nitrogens with one attached hydrogen (secondary N) is 1. The Morgan fingerprint density at radius 3 is 2.35 bits per heavy atom. The number of H-pyrrole nitrogens is 1. The number of rotatable bonds is 6. The maximum absolute atomic E-state index is 12.2. The number of nitrogens with zero attached hydrogens (tertiary/aromatic N) is 3. The van der Waals surface area contributed by atoms with E-state index in [-0.39, 0.29) is 17.1 Å². The zero-order valence-electron chi connectivity index (χ0n) is 18.5. The first kappa shape index (κ1) is 27.9. The van der Waals surface area contributed by atoms with Crippen molar-refractivity contribution in [2.24, 2.45) is 0 Å². The van der Waals surface area contributed by atoms with E-state index in [4.69, 9.17) is 36.3 Å². The Kier molecular flexibility index (Phi) is 7.48. The van der Waals surface area contributed by atoms with Crippen LogP contribution in [0.5, 0.6) is 0 Å². The molecular weight excluding hydrogens is 587 g/mol. The highest BCUT2D eigenvalue weighted by molar-refractivity contribution is 8.10. The van der Waals surface area contributed by atoms with Gasteiger partial charge in [-0.25, -0.2) is 17.9 Å². The van der Waals surface area contributed by atoms with E-state index in [0.717, 1.165) is 20.2 Å². The second kappa shape index (κ2) is 9.91. The van der Waals surface area contributed by atoms with Crippen LogP contribution in [0.15, 0.2) is 11.1 Å². The minimum absolute atomic E-state index is 0.0885. The van der Waals surface area contributed by atoms with Crippen LogP contribution in [0.2, 0.25) is 0 Å². The number of imidazole rings is 1. The summed E-state index contributed by atoms with van der Waals surface area (Å²) in [7, 11) is -10.9. The van der Waals surface area contributed by atoms with E-state index in [2.05, 4.69) is 27.9 Å². The summed E-state index contributed by atoms with van der Waals surface area (Å²) < 4.78 is 58.6. The van der Waals surface area contributed by atoms with Crippen LogP contribution in [0, 0.1) is 0 Å². The van der Waals surface area contributed by atoms with E-state index in [0.29, 0.717) is 0 Å². The van der Waals surface area contributed by atoms with Gasteiger partial charge in [0.1, 0.15) is 6.10 Å². The van der Waals surface area contributed by atoms with Crippen molar-refractivity contribution in [1.29, 1.82) is 0 Å². The number of aromatic nitrogens is 4. The molecule has 6 atom stereocenters. The number of carbonyl (C=O) groups is 2. The number of hydrogen-bond acceptors (Lipinski definition) is 18. The Morgan fingerprint density at radius 1 is 1.16 bits per heavy atom. The fraction of sp³-hybridized carbons (Fsp3) is 0.500. The molecule has 0 saturated carbocycles. The second-order valence-electron chi connectivity index (χ2n) is 7.37. The van der Waals surface area contributed by atoms with Crippen molar-refractivity contribution >= 4 is 63.2 Å². The molecule has 2 aromatic heterocycles. The first-order valence-electron chi connectivity index (χ1n) is 9.81. The summed E-state index contributed by atoms with van der Waals surface area (Å²) in [5, 5.41) is 0. The molecule has 37 heavy (non-hydrogen) atoms. The van der Waals surface area contributed by atoms with Crippen LogP contribution in [-0.4, -0.2) is 56.4 Å². The molecule has 204 valence electrons. The van der Waals surface area contributed by atoms with E-state index in [1.54, 1.807) is 0 Å². The fourth-order valence-electron chi connectivity index (χ4n) is 3.47. The van der Waals surface area contributed by atoms with Crippen molar-refractivity contribution in [1.82, 2.24) is 19.5 Å². The normalized spacial score (nSPS) is 35.9. The Labute approximate surface area is 210 Å². The Balaban J connectivity index is 1.69. The number of esters is 2. The molecule has 0 radical (unpaired) electrons. The molecule has 0 bridgehead atoms. The Hall–Kier alpha value is -2.08. The van der Waals surface area contributed by atoms with E-state index >= 15 is 0 Å². The summed E-state index contributed by atoms with van der Waals surface area (Å²) >= 11 is 4.81. The van der Waals surface area contributed by atoms with Crippen LogP contribution in [0.3, 0.4) is 0 Å². The number of hydrogen-bond donors (Lipinski definition) is 2. The lowest BCUT2D eigenvalue weighted by Gasteiger charge is -2.40. The number of fused-ring (bicyclic) bond motifs is 1. The Bertz CT molecular complexity index is 1430. The molecule has 19 nitrogen and oxygen atoms in total. The smallest absolute Gasteiger partial charge is 0.340 e. The summed E-state index contributed by atoms with van der Waals surface area (Å²) in [5.74, 6) is -1.94. The number of ether oxygens (including phenoxy) is 3. The molecule has 2 aromatic rings. The number of nitrogens with two attached hydrogens (primary N) is 1. The molecule has 4 heterocycles. The van der Waals surface area contributed by atoms with Crippen LogP contribution in [0.1, 0.15) is 20.1 Å².